The Hall–Kier alpha value is -1.46. The van der Waals surface area contributed by atoms with Crippen LogP contribution in [0, 0.1) is 6.92 Å². The summed E-state index contributed by atoms with van der Waals surface area (Å²) in [6, 6.07) is 0. The largest absolute Gasteiger partial charge is 0.328 e. The average Bonchev–Trinajstić information content (AvgIpc) is 1.99. The van der Waals surface area contributed by atoms with E-state index in [2.05, 4.69) is 0 Å². The first-order chi connectivity index (χ1) is 6.00. The lowest BCUT2D eigenvalue weighted by Gasteiger charge is -2.03. The Balaban J connectivity index is 3.17. The number of rotatable bonds is 2. The minimum absolute atomic E-state index is 0.236. The highest BCUT2D eigenvalue weighted by molar-refractivity contribution is 5.00. The van der Waals surface area contributed by atoms with Gasteiger partial charge in [0.1, 0.15) is 0 Å². The third kappa shape index (κ3) is 2.24. The molecular weight excluding hydrogens is 182 g/mol. The van der Waals surface area contributed by atoms with Crippen LogP contribution in [0.2, 0.25) is 0 Å². The Morgan fingerprint density at radius 3 is 2.69 bits per heavy atom. The summed E-state index contributed by atoms with van der Waals surface area (Å²) in [6.45, 7) is 0.747. The first kappa shape index (κ1) is 9.63. The Bertz CT molecular complexity index is 408. The third-order valence-corrected chi connectivity index (χ3v) is 1.52. The van der Waals surface area contributed by atoms with Gasteiger partial charge in [0.25, 0.3) is 12.0 Å². The smallest absolute Gasteiger partial charge is 0.295 e. The maximum absolute atomic E-state index is 11.9. The van der Waals surface area contributed by atoms with Gasteiger partial charge in [-0.1, -0.05) is 0 Å². The van der Waals surface area contributed by atoms with E-state index in [9.17, 15) is 18.4 Å². The zero-order chi connectivity index (χ0) is 10.0. The predicted molar refractivity (Wildman–Crippen MR) is 42.1 cm³/mol. The molecule has 0 aliphatic carbocycles. The van der Waals surface area contributed by atoms with Crippen LogP contribution in [0.15, 0.2) is 15.8 Å². The number of aromatic nitrogens is 2. The SMILES string of the molecule is Cc1cn(CC(F)F)c(=O)[nH]c1=O. The zero-order valence-electron chi connectivity index (χ0n) is 6.88. The van der Waals surface area contributed by atoms with Gasteiger partial charge in [-0.15, -0.1) is 0 Å². The van der Waals surface area contributed by atoms with Crippen molar-refractivity contribution in [3.8, 4) is 0 Å². The van der Waals surface area contributed by atoms with Crippen LogP contribution in [0.25, 0.3) is 0 Å². The van der Waals surface area contributed by atoms with E-state index < -0.39 is 24.2 Å². The van der Waals surface area contributed by atoms with E-state index in [1.165, 1.54) is 6.92 Å². The van der Waals surface area contributed by atoms with E-state index in [1.807, 2.05) is 4.98 Å². The zero-order valence-corrected chi connectivity index (χ0v) is 6.88. The fourth-order valence-corrected chi connectivity index (χ4v) is 0.903. The number of aromatic amines is 1. The summed E-state index contributed by atoms with van der Waals surface area (Å²) < 4.78 is 24.5. The summed E-state index contributed by atoms with van der Waals surface area (Å²) in [5.41, 5.74) is -1.12. The van der Waals surface area contributed by atoms with Crippen LogP contribution in [0.1, 0.15) is 5.56 Å². The summed E-state index contributed by atoms with van der Waals surface area (Å²) in [5.74, 6) is 0. The van der Waals surface area contributed by atoms with E-state index in [0.717, 1.165) is 10.8 Å². The standard InChI is InChI=1S/C7H8F2N2O2/c1-4-2-11(3-5(8)9)7(13)10-6(4)12/h2,5H,3H2,1H3,(H,10,12,13). The molecule has 1 aromatic rings. The van der Waals surface area contributed by atoms with E-state index in [0.29, 0.717) is 0 Å². The second-order valence-corrected chi connectivity index (χ2v) is 2.61. The molecule has 4 nitrogen and oxygen atoms in total. The molecule has 72 valence electrons. The van der Waals surface area contributed by atoms with Gasteiger partial charge in [0.2, 0.25) is 0 Å². The lowest BCUT2D eigenvalue weighted by molar-refractivity contribution is 0.124. The molecule has 0 bridgehead atoms. The molecule has 0 unspecified atom stereocenters. The van der Waals surface area contributed by atoms with E-state index >= 15 is 0 Å². The van der Waals surface area contributed by atoms with Crippen LogP contribution < -0.4 is 11.2 Å². The second-order valence-electron chi connectivity index (χ2n) is 2.61. The van der Waals surface area contributed by atoms with Gasteiger partial charge in [0, 0.05) is 11.8 Å². The van der Waals surface area contributed by atoms with Gasteiger partial charge in [-0.3, -0.25) is 14.3 Å². The number of aryl methyl sites for hydroxylation is 1. The van der Waals surface area contributed by atoms with E-state index in [1.54, 1.807) is 0 Å². The van der Waals surface area contributed by atoms with Gasteiger partial charge in [0.15, 0.2) is 0 Å². The molecule has 0 spiro atoms. The average molecular weight is 190 g/mol. The highest BCUT2D eigenvalue weighted by Gasteiger charge is 2.06. The summed E-state index contributed by atoms with van der Waals surface area (Å²) in [6.07, 6.45) is -1.49. The molecule has 1 aromatic heterocycles. The van der Waals surface area contributed by atoms with Crippen LogP contribution in [0.3, 0.4) is 0 Å². The van der Waals surface area contributed by atoms with Gasteiger partial charge < -0.3 is 0 Å². The predicted octanol–water partition coefficient (Wildman–Crippen LogP) is 0.110. The Kier molecular flexibility index (Phi) is 2.60. The minimum atomic E-state index is -2.61. The van der Waals surface area contributed by atoms with Crippen LogP contribution in [-0.2, 0) is 6.54 Å². The number of alkyl halides is 2. The summed E-state index contributed by atoms with van der Waals surface area (Å²) >= 11 is 0. The van der Waals surface area contributed by atoms with E-state index in [-0.39, 0.29) is 5.56 Å². The van der Waals surface area contributed by atoms with Crippen molar-refractivity contribution < 1.29 is 8.78 Å². The van der Waals surface area contributed by atoms with Gasteiger partial charge in [-0.2, -0.15) is 0 Å². The molecule has 1 N–H and O–H groups in total. The van der Waals surface area contributed by atoms with Crippen molar-refractivity contribution >= 4 is 0 Å². The lowest BCUT2D eigenvalue weighted by Crippen LogP contribution is -2.32. The molecule has 0 aliphatic heterocycles. The molecule has 0 atom stereocenters. The van der Waals surface area contributed by atoms with E-state index in [4.69, 9.17) is 0 Å². The quantitative estimate of drug-likeness (QED) is 0.719. The Labute approximate surface area is 71.8 Å². The second kappa shape index (κ2) is 3.51. The minimum Gasteiger partial charge on any atom is -0.295 e. The van der Waals surface area contributed by atoms with Crippen molar-refractivity contribution in [1.29, 1.82) is 0 Å². The van der Waals surface area contributed by atoms with Crippen molar-refractivity contribution in [1.82, 2.24) is 9.55 Å². The topological polar surface area (TPSA) is 54.9 Å². The first-order valence-electron chi connectivity index (χ1n) is 3.59. The summed E-state index contributed by atoms with van der Waals surface area (Å²) in [7, 11) is 0. The van der Waals surface area contributed by atoms with Crippen LogP contribution in [0.4, 0.5) is 8.78 Å². The number of nitrogens with zero attached hydrogens (tertiary/aromatic N) is 1. The molecule has 1 heterocycles. The lowest BCUT2D eigenvalue weighted by atomic mass is 10.4. The van der Waals surface area contributed by atoms with Gasteiger partial charge in [-0.05, 0) is 6.92 Å². The molecule has 0 radical (unpaired) electrons. The number of H-pyrrole nitrogens is 1. The Morgan fingerprint density at radius 2 is 2.15 bits per heavy atom. The fraction of sp³-hybridized carbons (Fsp3) is 0.429. The van der Waals surface area contributed by atoms with Crippen molar-refractivity contribution in [2.45, 2.75) is 19.9 Å². The molecular formula is C7H8F2N2O2. The molecule has 0 fully saturated rings. The number of nitrogens with one attached hydrogen (secondary N) is 1. The number of hydrogen-bond donors (Lipinski definition) is 1. The van der Waals surface area contributed by atoms with Crippen LogP contribution in [0.5, 0.6) is 0 Å². The van der Waals surface area contributed by atoms with Crippen molar-refractivity contribution in [3.05, 3.63) is 32.6 Å². The number of hydrogen-bond acceptors (Lipinski definition) is 2. The normalized spacial score (nSPS) is 10.8. The van der Waals surface area contributed by atoms with Crippen molar-refractivity contribution in [2.75, 3.05) is 0 Å². The maximum atomic E-state index is 11.9. The van der Waals surface area contributed by atoms with Gasteiger partial charge in [0.05, 0.1) is 6.54 Å². The monoisotopic (exact) mass is 190 g/mol. The third-order valence-electron chi connectivity index (χ3n) is 1.52. The fourth-order valence-electron chi connectivity index (χ4n) is 0.903. The molecule has 0 saturated heterocycles. The van der Waals surface area contributed by atoms with Crippen LogP contribution >= 0.6 is 0 Å². The van der Waals surface area contributed by atoms with Gasteiger partial charge in [-0.25, -0.2) is 13.6 Å². The molecule has 6 heteroatoms. The Morgan fingerprint density at radius 1 is 1.54 bits per heavy atom. The molecule has 13 heavy (non-hydrogen) atoms. The summed E-state index contributed by atoms with van der Waals surface area (Å²) in [5, 5.41) is 0. The van der Waals surface area contributed by atoms with Gasteiger partial charge >= 0.3 is 5.69 Å². The summed E-state index contributed by atoms with van der Waals surface area (Å²) in [4.78, 5) is 23.7. The van der Waals surface area contributed by atoms with Crippen molar-refractivity contribution in [3.63, 3.8) is 0 Å². The highest BCUT2D eigenvalue weighted by Crippen LogP contribution is 1.95. The number of halogens is 2. The molecule has 1 rings (SSSR count). The highest BCUT2D eigenvalue weighted by atomic mass is 19.3. The van der Waals surface area contributed by atoms with Crippen LogP contribution in [-0.4, -0.2) is 16.0 Å². The molecule has 0 aromatic carbocycles. The molecule has 0 saturated carbocycles. The van der Waals surface area contributed by atoms with Crippen molar-refractivity contribution in [2.24, 2.45) is 0 Å². The molecule has 0 aliphatic rings. The molecule has 0 amide bonds. The maximum Gasteiger partial charge on any atom is 0.328 e. The first-order valence-corrected chi connectivity index (χ1v) is 3.59.